The molecular formula is C20H15IN4O5. The summed E-state index contributed by atoms with van der Waals surface area (Å²) in [4.78, 5) is 22.8. The van der Waals surface area contributed by atoms with Crippen molar-refractivity contribution in [3.05, 3.63) is 61.2 Å². The predicted molar refractivity (Wildman–Crippen MR) is 117 cm³/mol. The Morgan fingerprint density at radius 3 is 2.70 bits per heavy atom. The van der Waals surface area contributed by atoms with Crippen LogP contribution in [0.25, 0.3) is 6.08 Å². The first-order valence-corrected chi connectivity index (χ1v) is 9.61. The number of halogens is 1. The number of carbonyl (C=O) groups excluding carboxylic acids is 1. The van der Waals surface area contributed by atoms with Gasteiger partial charge in [-0.1, -0.05) is 6.07 Å². The summed E-state index contributed by atoms with van der Waals surface area (Å²) in [6.07, 6.45) is 1.37. The Labute approximate surface area is 185 Å². The maximum absolute atomic E-state index is 12.5. The van der Waals surface area contributed by atoms with E-state index in [2.05, 4.69) is 5.32 Å². The predicted octanol–water partition coefficient (Wildman–Crippen LogP) is 4.05. The van der Waals surface area contributed by atoms with Crippen LogP contribution in [0.3, 0.4) is 0 Å². The summed E-state index contributed by atoms with van der Waals surface area (Å²) in [6, 6.07) is 12.4. The fourth-order valence-electron chi connectivity index (χ4n) is 2.39. The number of ether oxygens (including phenoxy) is 2. The second kappa shape index (κ2) is 10.8. The summed E-state index contributed by atoms with van der Waals surface area (Å²) in [7, 11) is 0. The molecular weight excluding hydrogens is 503 g/mol. The van der Waals surface area contributed by atoms with E-state index < -0.39 is 10.8 Å². The number of hydrogen-bond acceptors (Lipinski definition) is 7. The maximum atomic E-state index is 12.5. The smallest absolute Gasteiger partial charge is 0.271 e. The minimum Gasteiger partial charge on any atom is -0.490 e. The van der Waals surface area contributed by atoms with Crippen molar-refractivity contribution in [2.24, 2.45) is 0 Å². The molecule has 0 aliphatic rings. The number of nitrogens with zero attached hydrogens (tertiary/aromatic N) is 3. The quantitative estimate of drug-likeness (QED) is 0.183. The van der Waals surface area contributed by atoms with Gasteiger partial charge in [-0.3, -0.25) is 14.9 Å². The number of non-ortho nitro benzene ring substituents is 1. The Bertz CT molecular complexity index is 1090. The first kappa shape index (κ1) is 22.6. The zero-order valence-electron chi connectivity index (χ0n) is 15.7. The van der Waals surface area contributed by atoms with Crippen LogP contribution < -0.4 is 14.8 Å². The minimum atomic E-state index is -0.712. The number of anilines is 1. The van der Waals surface area contributed by atoms with Crippen molar-refractivity contribution in [3.63, 3.8) is 0 Å². The van der Waals surface area contributed by atoms with E-state index in [-0.39, 0.29) is 23.6 Å². The number of nitro benzene ring substituents is 1. The standard InChI is InChI=1S/C20H15IN4O5/c1-2-29-18-10-13(9-17(21)19(18)30-7-6-22)8-14(12-23)20(26)24-15-4-3-5-16(11-15)25(27)28/h3-5,8-11H,2,7H2,1H3,(H,24,26)/b14-8+. The second-order valence-corrected chi connectivity index (χ2v) is 6.80. The molecule has 0 atom stereocenters. The lowest BCUT2D eigenvalue weighted by Crippen LogP contribution is -2.13. The average molecular weight is 518 g/mol. The summed E-state index contributed by atoms with van der Waals surface area (Å²) < 4.78 is 11.6. The molecule has 0 aliphatic heterocycles. The highest BCUT2D eigenvalue weighted by molar-refractivity contribution is 14.1. The van der Waals surface area contributed by atoms with Crippen LogP contribution in [0.1, 0.15) is 12.5 Å². The van der Waals surface area contributed by atoms with Crippen LogP contribution in [0.4, 0.5) is 11.4 Å². The molecule has 0 fully saturated rings. The van der Waals surface area contributed by atoms with Crippen LogP contribution >= 0.6 is 22.6 Å². The zero-order valence-corrected chi connectivity index (χ0v) is 17.9. The molecule has 0 radical (unpaired) electrons. The molecule has 2 aromatic carbocycles. The van der Waals surface area contributed by atoms with E-state index in [1.54, 1.807) is 19.1 Å². The lowest BCUT2D eigenvalue weighted by Gasteiger charge is -2.13. The van der Waals surface area contributed by atoms with Gasteiger partial charge >= 0.3 is 0 Å². The first-order chi connectivity index (χ1) is 14.4. The Morgan fingerprint density at radius 2 is 2.07 bits per heavy atom. The lowest BCUT2D eigenvalue weighted by atomic mass is 10.1. The number of amides is 1. The second-order valence-electron chi connectivity index (χ2n) is 5.64. The van der Waals surface area contributed by atoms with Gasteiger partial charge in [0.1, 0.15) is 17.7 Å². The average Bonchev–Trinajstić information content (AvgIpc) is 2.71. The van der Waals surface area contributed by atoms with Gasteiger partial charge in [-0.25, -0.2) is 0 Å². The van der Waals surface area contributed by atoms with Gasteiger partial charge in [0, 0.05) is 17.8 Å². The van der Waals surface area contributed by atoms with Crippen LogP contribution in [0, 0.1) is 36.3 Å². The molecule has 10 heteroatoms. The van der Waals surface area contributed by atoms with Gasteiger partial charge in [-0.15, -0.1) is 0 Å². The number of nitrogens with one attached hydrogen (secondary N) is 1. The molecule has 0 aliphatic carbocycles. The minimum absolute atomic E-state index is 0.152. The first-order valence-electron chi connectivity index (χ1n) is 8.53. The van der Waals surface area contributed by atoms with Crippen molar-refractivity contribution in [2.75, 3.05) is 18.5 Å². The number of carbonyl (C=O) groups is 1. The maximum Gasteiger partial charge on any atom is 0.271 e. The lowest BCUT2D eigenvalue weighted by molar-refractivity contribution is -0.384. The number of rotatable bonds is 8. The van der Waals surface area contributed by atoms with Gasteiger partial charge in [0.2, 0.25) is 0 Å². The van der Waals surface area contributed by atoms with Gasteiger partial charge in [-0.2, -0.15) is 10.5 Å². The zero-order chi connectivity index (χ0) is 22.1. The Kier molecular flexibility index (Phi) is 8.14. The highest BCUT2D eigenvalue weighted by Crippen LogP contribution is 2.35. The number of hydrogen-bond donors (Lipinski definition) is 1. The van der Waals surface area contributed by atoms with Crippen molar-refractivity contribution in [1.29, 1.82) is 10.5 Å². The molecule has 2 rings (SSSR count). The van der Waals surface area contributed by atoms with Gasteiger partial charge in [0.15, 0.2) is 18.1 Å². The fraction of sp³-hybridized carbons (Fsp3) is 0.150. The number of nitro groups is 1. The highest BCUT2D eigenvalue weighted by Gasteiger charge is 2.15. The van der Waals surface area contributed by atoms with Crippen LogP contribution in [0.2, 0.25) is 0 Å². The molecule has 2 aromatic rings. The third-order valence-corrected chi connectivity index (χ3v) is 4.40. The van der Waals surface area contributed by atoms with Gasteiger partial charge < -0.3 is 14.8 Å². The molecule has 0 saturated heterocycles. The Morgan fingerprint density at radius 1 is 1.30 bits per heavy atom. The van der Waals surface area contributed by atoms with Gasteiger partial charge in [0.25, 0.3) is 11.6 Å². The van der Waals surface area contributed by atoms with Crippen LogP contribution in [0.15, 0.2) is 42.0 Å². The van der Waals surface area contributed by atoms with Crippen LogP contribution in [0.5, 0.6) is 11.5 Å². The van der Waals surface area contributed by atoms with Crippen molar-refractivity contribution in [3.8, 4) is 23.6 Å². The molecule has 1 amide bonds. The van der Waals surface area contributed by atoms with Crippen LogP contribution in [-0.2, 0) is 4.79 Å². The molecule has 30 heavy (non-hydrogen) atoms. The topological polar surface area (TPSA) is 138 Å². The molecule has 0 bridgehead atoms. The van der Waals surface area contributed by atoms with Crippen molar-refractivity contribution < 1.29 is 19.2 Å². The monoisotopic (exact) mass is 518 g/mol. The Balaban J connectivity index is 2.33. The van der Waals surface area contributed by atoms with E-state index >= 15 is 0 Å². The van der Waals surface area contributed by atoms with E-state index in [1.807, 2.05) is 34.7 Å². The molecule has 1 N–H and O–H groups in total. The molecule has 0 unspecified atom stereocenters. The highest BCUT2D eigenvalue weighted by atomic mass is 127. The molecule has 0 saturated carbocycles. The normalized spacial score (nSPS) is 10.5. The number of nitriles is 2. The third-order valence-electron chi connectivity index (χ3n) is 3.60. The van der Waals surface area contributed by atoms with Crippen molar-refractivity contribution in [2.45, 2.75) is 6.92 Å². The van der Waals surface area contributed by atoms with E-state index in [4.69, 9.17) is 14.7 Å². The molecule has 0 spiro atoms. The molecule has 9 nitrogen and oxygen atoms in total. The SMILES string of the molecule is CCOc1cc(/C=C(\C#N)C(=O)Nc2cccc([N+](=O)[O-])c2)cc(I)c1OCC#N. The summed E-state index contributed by atoms with van der Waals surface area (Å²) in [5.74, 6) is 0.0637. The summed E-state index contributed by atoms with van der Waals surface area (Å²) >= 11 is 2.00. The third kappa shape index (κ3) is 5.93. The summed E-state index contributed by atoms with van der Waals surface area (Å²) in [6.45, 7) is 1.99. The van der Waals surface area contributed by atoms with E-state index in [0.717, 1.165) is 0 Å². The van der Waals surface area contributed by atoms with E-state index in [9.17, 15) is 20.2 Å². The van der Waals surface area contributed by atoms with E-state index in [0.29, 0.717) is 27.2 Å². The fourth-order valence-corrected chi connectivity index (χ4v) is 3.17. The van der Waals surface area contributed by atoms with Crippen molar-refractivity contribution >= 4 is 45.9 Å². The van der Waals surface area contributed by atoms with Crippen LogP contribution in [-0.4, -0.2) is 24.0 Å². The summed E-state index contributed by atoms with van der Waals surface area (Å²) in [5.41, 5.74) is 0.322. The summed E-state index contributed by atoms with van der Waals surface area (Å²) in [5, 5.41) is 31.5. The molecule has 152 valence electrons. The number of benzene rings is 2. The van der Waals surface area contributed by atoms with E-state index in [1.165, 1.54) is 30.3 Å². The Hall–Kier alpha value is -3.64. The molecule has 0 aromatic heterocycles. The molecule has 0 heterocycles. The van der Waals surface area contributed by atoms with Crippen molar-refractivity contribution in [1.82, 2.24) is 0 Å². The van der Waals surface area contributed by atoms with Gasteiger partial charge in [0.05, 0.1) is 15.1 Å². The van der Waals surface area contributed by atoms with Gasteiger partial charge in [-0.05, 0) is 59.4 Å². The largest absolute Gasteiger partial charge is 0.490 e.